The largest absolute Gasteiger partial charge is 0.362 e. The van der Waals surface area contributed by atoms with Crippen molar-refractivity contribution in [2.75, 3.05) is 9.80 Å². The second kappa shape index (κ2) is 8.61. The Kier molecular flexibility index (Phi) is 7.01. The lowest BCUT2D eigenvalue weighted by molar-refractivity contribution is 0.380. The summed E-state index contributed by atoms with van der Waals surface area (Å²) in [6.45, 7) is 31.6. The molecule has 0 saturated carbocycles. The first-order chi connectivity index (χ1) is 14.3. The number of rotatable bonds is 4. The molecule has 0 amide bonds. The average Bonchev–Trinajstić information content (AvgIpc) is 2.57. The van der Waals surface area contributed by atoms with E-state index in [1.165, 1.54) is 11.4 Å². The van der Waals surface area contributed by atoms with Gasteiger partial charge in [0.05, 0.1) is 0 Å². The summed E-state index contributed by atoms with van der Waals surface area (Å²) in [5.74, 6) is 0. The molecule has 0 spiro atoms. The molecule has 0 radical (unpaired) electrons. The summed E-state index contributed by atoms with van der Waals surface area (Å²) in [6, 6.07) is 17.7. The van der Waals surface area contributed by atoms with Crippen molar-refractivity contribution in [3.63, 3.8) is 0 Å². The van der Waals surface area contributed by atoms with Gasteiger partial charge in [0.1, 0.15) is 0 Å². The molecule has 2 heteroatoms. The van der Waals surface area contributed by atoms with Crippen molar-refractivity contribution in [3.8, 4) is 0 Å². The monoisotopic (exact) mass is 434 g/mol. The molecule has 32 heavy (non-hydrogen) atoms. The lowest BCUT2D eigenvalue weighted by Crippen LogP contribution is -2.53. The highest BCUT2D eigenvalue weighted by atomic mass is 15.2. The molecule has 2 rings (SSSR count). The van der Waals surface area contributed by atoms with Crippen LogP contribution in [0.5, 0.6) is 0 Å². The van der Waals surface area contributed by atoms with Crippen LogP contribution < -0.4 is 9.80 Å². The van der Waals surface area contributed by atoms with Crippen LogP contribution >= 0.6 is 0 Å². The van der Waals surface area contributed by atoms with Crippen molar-refractivity contribution in [2.45, 2.75) is 105 Å². The molecular formula is C30H46N2. The van der Waals surface area contributed by atoms with Gasteiger partial charge in [-0.3, -0.25) is 0 Å². The van der Waals surface area contributed by atoms with Gasteiger partial charge in [-0.1, -0.05) is 30.8 Å². The maximum absolute atomic E-state index is 4.41. The highest BCUT2D eigenvalue weighted by Crippen LogP contribution is 2.35. The zero-order chi connectivity index (χ0) is 24.7. The van der Waals surface area contributed by atoms with E-state index >= 15 is 0 Å². The topological polar surface area (TPSA) is 6.48 Å². The van der Waals surface area contributed by atoms with Gasteiger partial charge in [-0.15, -0.1) is 0 Å². The van der Waals surface area contributed by atoms with Crippen LogP contribution in [-0.4, -0.2) is 22.2 Å². The van der Waals surface area contributed by atoms with E-state index in [0.717, 1.165) is 16.7 Å². The molecule has 0 atom stereocenters. The first kappa shape index (κ1) is 26.0. The van der Waals surface area contributed by atoms with Gasteiger partial charge in [-0.2, -0.15) is 0 Å². The third-order valence-electron chi connectivity index (χ3n) is 5.63. The Bertz CT molecular complexity index is 800. The molecule has 0 aliphatic rings. The summed E-state index contributed by atoms with van der Waals surface area (Å²) < 4.78 is 0. The van der Waals surface area contributed by atoms with Crippen molar-refractivity contribution in [1.82, 2.24) is 0 Å². The minimum absolute atomic E-state index is 0.0403. The van der Waals surface area contributed by atoms with Gasteiger partial charge in [0.15, 0.2) is 0 Å². The molecule has 2 aromatic carbocycles. The van der Waals surface area contributed by atoms with Gasteiger partial charge in [0.2, 0.25) is 0 Å². The Morgan fingerprint density at radius 2 is 0.688 bits per heavy atom. The fourth-order valence-electron chi connectivity index (χ4n) is 5.35. The second-order valence-corrected chi connectivity index (χ2v) is 12.9. The Morgan fingerprint density at radius 3 is 0.875 bits per heavy atom. The molecule has 0 aliphatic carbocycles. The quantitative estimate of drug-likeness (QED) is 0.475. The minimum atomic E-state index is 0.0403. The second-order valence-electron chi connectivity index (χ2n) is 12.9. The molecule has 0 aliphatic heterocycles. The van der Waals surface area contributed by atoms with E-state index in [4.69, 9.17) is 0 Å². The predicted octanol–water partition coefficient (Wildman–Crippen LogP) is 8.55. The van der Waals surface area contributed by atoms with E-state index in [1.54, 1.807) is 0 Å². The first-order valence-electron chi connectivity index (χ1n) is 11.8. The number of anilines is 2. The number of benzene rings is 2. The Hall–Kier alpha value is -2.22. The van der Waals surface area contributed by atoms with Gasteiger partial charge in [0.25, 0.3) is 0 Å². The highest BCUT2D eigenvalue weighted by Gasteiger charge is 2.32. The SMILES string of the molecule is C=C(c1ccc(N(C(C)(C)C)C(C)(C)C)cc1)c1ccc(N(C(C)(C)C)C(C)(C)C)cc1. The van der Waals surface area contributed by atoms with Crippen molar-refractivity contribution < 1.29 is 0 Å². The Balaban J connectivity index is 2.33. The van der Waals surface area contributed by atoms with Crippen molar-refractivity contribution in [2.24, 2.45) is 0 Å². The van der Waals surface area contributed by atoms with Crippen LogP contribution in [0.3, 0.4) is 0 Å². The molecule has 0 fully saturated rings. The Morgan fingerprint density at radius 1 is 0.469 bits per heavy atom. The van der Waals surface area contributed by atoms with E-state index < -0.39 is 0 Å². The van der Waals surface area contributed by atoms with Crippen LogP contribution in [0.15, 0.2) is 55.1 Å². The standard InChI is InChI=1S/C30H46N2/c1-22(23-14-18-25(19-15-23)31(27(2,3)4)28(5,6)7)24-16-20-26(21-17-24)32(29(8,9)10)30(11,12)13/h14-21H,1H2,2-13H3. The molecule has 0 saturated heterocycles. The third kappa shape index (κ3) is 5.97. The highest BCUT2D eigenvalue weighted by molar-refractivity contribution is 5.79. The van der Waals surface area contributed by atoms with Crippen LogP contribution in [0.2, 0.25) is 0 Å². The van der Waals surface area contributed by atoms with Crippen molar-refractivity contribution in [3.05, 3.63) is 66.2 Å². The average molecular weight is 435 g/mol. The maximum Gasteiger partial charge on any atom is 0.0375 e. The number of hydrogen-bond donors (Lipinski definition) is 0. The summed E-state index contributed by atoms with van der Waals surface area (Å²) in [5.41, 5.74) is 6.01. The molecule has 0 aromatic heterocycles. The molecule has 176 valence electrons. The van der Waals surface area contributed by atoms with Gasteiger partial charge in [-0.25, -0.2) is 0 Å². The molecule has 0 unspecified atom stereocenters. The van der Waals surface area contributed by atoms with Crippen molar-refractivity contribution >= 4 is 16.9 Å². The summed E-state index contributed by atoms with van der Waals surface area (Å²) in [6.07, 6.45) is 0. The van der Waals surface area contributed by atoms with E-state index in [1.807, 2.05) is 0 Å². The summed E-state index contributed by atoms with van der Waals surface area (Å²) in [4.78, 5) is 4.96. The predicted molar refractivity (Wildman–Crippen MR) is 145 cm³/mol. The van der Waals surface area contributed by atoms with E-state index in [9.17, 15) is 0 Å². The van der Waals surface area contributed by atoms with Crippen LogP contribution in [0.4, 0.5) is 11.4 Å². The molecule has 0 heterocycles. The summed E-state index contributed by atoms with van der Waals surface area (Å²) in [7, 11) is 0. The van der Waals surface area contributed by atoms with Gasteiger partial charge in [0, 0.05) is 33.5 Å². The summed E-state index contributed by atoms with van der Waals surface area (Å²) in [5, 5.41) is 0. The fourth-order valence-corrected chi connectivity index (χ4v) is 5.35. The zero-order valence-corrected chi connectivity index (χ0v) is 22.7. The minimum Gasteiger partial charge on any atom is -0.362 e. The van der Waals surface area contributed by atoms with E-state index in [-0.39, 0.29) is 22.2 Å². The van der Waals surface area contributed by atoms with Crippen LogP contribution in [0.1, 0.15) is 94.2 Å². The van der Waals surface area contributed by atoms with Gasteiger partial charge >= 0.3 is 0 Å². The lowest BCUT2D eigenvalue weighted by Gasteiger charge is -2.47. The van der Waals surface area contributed by atoms with Gasteiger partial charge in [-0.05, 0) is 124 Å². The number of hydrogen-bond acceptors (Lipinski definition) is 2. The third-order valence-corrected chi connectivity index (χ3v) is 5.63. The molecule has 2 aromatic rings. The molecule has 0 N–H and O–H groups in total. The lowest BCUT2D eigenvalue weighted by atomic mass is 9.93. The van der Waals surface area contributed by atoms with Crippen LogP contribution in [-0.2, 0) is 0 Å². The van der Waals surface area contributed by atoms with Crippen molar-refractivity contribution in [1.29, 1.82) is 0 Å². The normalized spacial score (nSPS) is 13.1. The summed E-state index contributed by atoms with van der Waals surface area (Å²) >= 11 is 0. The maximum atomic E-state index is 4.41. The molecular weight excluding hydrogens is 388 g/mol. The smallest absolute Gasteiger partial charge is 0.0375 e. The van der Waals surface area contributed by atoms with E-state index in [0.29, 0.717) is 0 Å². The molecule has 0 bridgehead atoms. The van der Waals surface area contributed by atoms with Crippen LogP contribution in [0, 0.1) is 0 Å². The van der Waals surface area contributed by atoms with Crippen LogP contribution in [0.25, 0.3) is 5.57 Å². The van der Waals surface area contributed by atoms with Gasteiger partial charge < -0.3 is 9.80 Å². The fraction of sp³-hybridized carbons (Fsp3) is 0.533. The first-order valence-corrected chi connectivity index (χ1v) is 11.8. The molecule has 2 nitrogen and oxygen atoms in total. The number of nitrogens with zero attached hydrogens (tertiary/aromatic N) is 2. The zero-order valence-electron chi connectivity index (χ0n) is 22.7. The van der Waals surface area contributed by atoms with E-state index in [2.05, 4.69) is 148 Å². The Labute approximate surface area is 198 Å².